The fourth-order valence-electron chi connectivity index (χ4n) is 6.80. The fraction of sp³-hybridized carbons (Fsp3) is 0.297. The molecule has 7 nitrogen and oxygen atoms in total. The first-order chi connectivity index (χ1) is 22.0. The average Bonchev–Trinajstić information content (AvgIpc) is 3.39. The van der Waals surface area contributed by atoms with Gasteiger partial charge in [-0.3, -0.25) is 4.79 Å². The van der Waals surface area contributed by atoms with E-state index in [1.807, 2.05) is 43.4 Å². The first kappa shape index (κ1) is 29.4. The van der Waals surface area contributed by atoms with Gasteiger partial charge >= 0.3 is 0 Å². The number of rotatable bonds is 6. The number of aromatic nitrogens is 2. The summed E-state index contributed by atoms with van der Waals surface area (Å²) in [4.78, 5) is 25.2. The highest BCUT2D eigenvalue weighted by molar-refractivity contribution is 6.37. The van der Waals surface area contributed by atoms with Crippen LogP contribution in [0.3, 0.4) is 0 Å². The highest BCUT2D eigenvalue weighted by atomic mass is 35.5. The molecule has 230 valence electrons. The van der Waals surface area contributed by atoms with Gasteiger partial charge in [-0.25, -0.2) is 4.98 Å². The number of carbonyl (C=O) groups excluding carboxylic acids is 1. The zero-order valence-corrected chi connectivity index (χ0v) is 26.7. The molecule has 1 amide bonds. The van der Waals surface area contributed by atoms with Gasteiger partial charge in [-0.05, 0) is 73.5 Å². The van der Waals surface area contributed by atoms with Crippen LogP contribution in [0.5, 0.6) is 0 Å². The van der Waals surface area contributed by atoms with Crippen LogP contribution in [0.1, 0.15) is 23.2 Å². The number of likely N-dealkylation sites (N-methyl/N-ethyl adjacent to an activating group) is 1. The number of carbonyl (C=O) groups is 1. The van der Waals surface area contributed by atoms with Gasteiger partial charge in [0, 0.05) is 86.4 Å². The molecule has 0 radical (unpaired) electrons. The third-order valence-corrected chi connectivity index (χ3v) is 9.73. The van der Waals surface area contributed by atoms with Crippen molar-refractivity contribution in [2.75, 3.05) is 56.1 Å². The topological polar surface area (TPSA) is 56.6 Å². The van der Waals surface area contributed by atoms with Crippen molar-refractivity contribution in [3.05, 3.63) is 102 Å². The third kappa shape index (κ3) is 5.90. The number of nitrogens with one attached hydrogen (secondary N) is 1. The molecule has 3 aromatic carbocycles. The summed E-state index contributed by atoms with van der Waals surface area (Å²) < 4.78 is 2.13. The summed E-state index contributed by atoms with van der Waals surface area (Å²) in [6, 6.07) is 29.2. The number of halogens is 1. The third-order valence-electron chi connectivity index (χ3n) is 9.42. The lowest BCUT2D eigenvalue weighted by molar-refractivity contribution is 0.0931. The molecule has 1 N–H and O–H groups in total. The Morgan fingerprint density at radius 3 is 2.07 bits per heavy atom. The van der Waals surface area contributed by atoms with Crippen LogP contribution < -0.4 is 15.1 Å². The molecule has 8 heteroatoms. The molecule has 0 aliphatic carbocycles. The molecule has 2 fully saturated rings. The maximum atomic E-state index is 13.3. The number of piperidine rings is 1. The predicted octanol–water partition coefficient (Wildman–Crippen LogP) is 6.71. The van der Waals surface area contributed by atoms with Crippen molar-refractivity contribution in [3.63, 3.8) is 0 Å². The zero-order valence-electron chi connectivity index (χ0n) is 25.9. The Bertz CT molecular complexity index is 1790. The quantitative estimate of drug-likeness (QED) is 0.229. The molecule has 2 aromatic heterocycles. The van der Waals surface area contributed by atoms with E-state index in [1.165, 1.54) is 11.4 Å². The molecule has 0 saturated carbocycles. The molecule has 2 saturated heterocycles. The maximum Gasteiger partial charge on any atom is 0.251 e. The molecule has 0 atom stereocenters. The largest absolute Gasteiger partial charge is 0.371 e. The van der Waals surface area contributed by atoms with Crippen LogP contribution in [0.15, 0.2) is 91.1 Å². The van der Waals surface area contributed by atoms with Crippen molar-refractivity contribution < 1.29 is 4.79 Å². The Hall–Kier alpha value is -4.33. The van der Waals surface area contributed by atoms with E-state index in [1.54, 1.807) is 6.20 Å². The molecule has 2 aliphatic rings. The van der Waals surface area contributed by atoms with Crippen molar-refractivity contribution in [1.29, 1.82) is 0 Å². The van der Waals surface area contributed by atoms with Crippen LogP contribution in [0.2, 0.25) is 5.02 Å². The van der Waals surface area contributed by atoms with Gasteiger partial charge in [-0.2, -0.15) is 0 Å². The van der Waals surface area contributed by atoms with Crippen LogP contribution >= 0.6 is 11.6 Å². The van der Waals surface area contributed by atoms with E-state index in [-0.39, 0.29) is 11.9 Å². The molecule has 7 rings (SSSR count). The van der Waals surface area contributed by atoms with Crippen molar-refractivity contribution in [2.45, 2.75) is 18.9 Å². The van der Waals surface area contributed by atoms with Crippen LogP contribution in [-0.4, -0.2) is 72.7 Å². The van der Waals surface area contributed by atoms with E-state index in [0.29, 0.717) is 10.6 Å². The number of amides is 1. The summed E-state index contributed by atoms with van der Waals surface area (Å²) in [7, 11) is 4.22. The lowest BCUT2D eigenvalue weighted by atomic mass is 9.97. The minimum absolute atomic E-state index is 0.0305. The van der Waals surface area contributed by atoms with Crippen molar-refractivity contribution in [2.24, 2.45) is 7.05 Å². The van der Waals surface area contributed by atoms with Gasteiger partial charge in [0.1, 0.15) is 5.65 Å². The van der Waals surface area contributed by atoms with Crippen LogP contribution in [0, 0.1) is 0 Å². The molecule has 5 aromatic rings. The van der Waals surface area contributed by atoms with Gasteiger partial charge in [0.25, 0.3) is 5.91 Å². The Morgan fingerprint density at radius 1 is 0.756 bits per heavy atom. The minimum Gasteiger partial charge on any atom is -0.371 e. The van der Waals surface area contributed by atoms with Gasteiger partial charge in [0.05, 0.1) is 10.7 Å². The van der Waals surface area contributed by atoms with Gasteiger partial charge in [-0.15, -0.1) is 0 Å². The summed E-state index contributed by atoms with van der Waals surface area (Å²) >= 11 is 6.83. The van der Waals surface area contributed by atoms with Gasteiger partial charge in [-0.1, -0.05) is 54.1 Å². The number of piperazine rings is 1. The van der Waals surface area contributed by atoms with Crippen LogP contribution in [0.4, 0.5) is 11.4 Å². The summed E-state index contributed by atoms with van der Waals surface area (Å²) in [6.07, 6.45) is 3.61. The summed E-state index contributed by atoms with van der Waals surface area (Å²) in [5.41, 5.74) is 8.16. The predicted molar refractivity (Wildman–Crippen MR) is 185 cm³/mol. The van der Waals surface area contributed by atoms with E-state index in [9.17, 15) is 4.79 Å². The van der Waals surface area contributed by atoms with Crippen LogP contribution in [0.25, 0.3) is 33.4 Å². The molecular weight excluding hydrogens is 580 g/mol. The van der Waals surface area contributed by atoms with Crippen LogP contribution in [-0.2, 0) is 7.05 Å². The van der Waals surface area contributed by atoms with E-state index in [4.69, 9.17) is 16.6 Å². The highest BCUT2D eigenvalue weighted by Crippen LogP contribution is 2.43. The zero-order chi connectivity index (χ0) is 30.9. The second-order valence-electron chi connectivity index (χ2n) is 12.3. The molecule has 2 aliphatic heterocycles. The lowest BCUT2D eigenvalue weighted by Crippen LogP contribution is -2.44. The molecule has 45 heavy (non-hydrogen) atoms. The normalized spacial score (nSPS) is 16.3. The number of fused-ring (bicyclic) bond motifs is 1. The number of anilines is 2. The van der Waals surface area contributed by atoms with Crippen molar-refractivity contribution in [3.8, 4) is 22.4 Å². The highest BCUT2D eigenvalue weighted by Gasteiger charge is 2.24. The van der Waals surface area contributed by atoms with E-state index in [2.05, 4.69) is 80.2 Å². The standard InChI is InChI=1S/C37H39ClN6O/c1-41-22-24-44(25-23-41)31-14-12-27(13-15-31)35-33(34-32(38)16-19-39-36(34)42(35)2)26-8-10-28(11-9-26)37(45)40-29-17-20-43(21-18-29)30-6-4-3-5-7-30/h3-16,19,29H,17-18,20-25H2,1-2H3,(H,40,45). The number of aryl methyl sites for hydroxylation is 1. The first-order valence-corrected chi connectivity index (χ1v) is 16.2. The molecule has 0 bridgehead atoms. The lowest BCUT2D eigenvalue weighted by Gasteiger charge is -2.34. The number of hydrogen-bond donors (Lipinski definition) is 1. The summed E-state index contributed by atoms with van der Waals surface area (Å²) in [6.45, 7) is 6.07. The molecule has 4 heterocycles. The van der Waals surface area contributed by atoms with Crippen molar-refractivity contribution in [1.82, 2.24) is 19.8 Å². The van der Waals surface area contributed by atoms with E-state index < -0.39 is 0 Å². The first-order valence-electron chi connectivity index (χ1n) is 15.8. The molecule has 0 spiro atoms. The number of pyridine rings is 1. The fourth-order valence-corrected chi connectivity index (χ4v) is 7.03. The monoisotopic (exact) mass is 618 g/mol. The van der Waals surface area contributed by atoms with E-state index >= 15 is 0 Å². The smallest absolute Gasteiger partial charge is 0.251 e. The second-order valence-corrected chi connectivity index (χ2v) is 12.7. The average molecular weight is 619 g/mol. The SMILES string of the molecule is CN1CCN(c2ccc(-c3c(-c4ccc(C(=O)NC5CCN(c6ccccc6)CC5)cc4)c4c(Cl)ccnc4n3C)cc2)CC1. The summed E-state index contributed by atoms with van der Waals surface area (Å²) in [5, 5.41) is 4.85. The number of hydrogen-bond acceptors (Lipinski definition) is 5. The van der Waals surface area contributed by atoms with Gasteiger partial charge in [0.2, 0.25) is 0 Å². The number of benzene rings is 3. The minimum atomic E-state index is -0.0305. The molecular formula is C37H39ClN6O. The Morgan fingerprint density at radius 2 is 1.38 bits per heavy atom. The summed E-state index contributed by atoms with van der Waals surface area (Å²) in [5.74, 6) is -0.0305. The van der Waals surface area contributed by atoms with E-state index in [0.717, 1.165) is 85.5 Å². The Labute approximate surface area is 270 Å². The van der Waals surface area contributed by atoms with Crippen molar-refractivity contribution >= 4 is 39.9 Å². The molecule has 0 unspecified atom stereocenters. The Kier molecular flexibility index (Phi) is 8.21. The van der Waals surface area contributed by atoms with Gasteiger partial charge < -0.3 is 24.6 Å². The van der Waals surface area contributed by atoms with Gasteiger partial charge in [0.15, 0.2) is 0 Å². The number of nitrogens with zero attached hydrogens (tertiary/aromatic N) is 5. The Balaban J connectivity index is 1.13. The maximum absolute atomic E-state index is 13.3. The number of para-hydroxylation sites is 1. The second kappa shape index (κ2) is 12.6.